The van der Waals surface area contributed by atoms with Gasteiger partial charge in [-0.05, 0) is 36.2 Å². The summed E-state index contributed by atoms with van der Waals surface area (Å²) in [4.78, 5) is 12.5. The Morgan fingerprint density at radius 3 is 2.47 bits per heavy atom. The predicted molar refractivity (Wildman–Crippen MR) is 129 cm³/mol. The van der Waals surface area contributed by atoms with Crippen LogP contribution in [0.15, 0.2) is 87.5 Å². The van der Waals surface area contributed by atoms with Crippen LogP contribution in [-0.2, 0) is 27.8 Å². The molecule has 0 saturated heterocycles. The van der Waals surface area contributed by atoms with Gasteiger partial charge in [0.15, 0.2) is 11.0 Å². The van der Waals surface area contributed by atoms with Crippen LogP contribution >= 0.6 is 11.8 Å². The summed E-state index contributed by atoms with van der Waals surface area (Å²) in [7, 11) is -3.72. The molecular weight excluding hydrogens is 474 g/mol. The van der Waals surface area contributed by atoms with Crippen LogP contribution in [0, 0.1) is 0 Å². The number of aromatic nitrogens is 3. The maximum absolute atomic E-state index is 12.4. The van der Waals surface area contributed by atoms with Crippen molar-refractivity contribution in [3.05, 3.63) is 84.3 Å². The molecule has 0 aliphatic rings. The molecule has 1 amide bonds. The Kier molecular flexibility index (Phi) is 7.46. The van der Waals surface area contributed by atoms with E-state index in [1.165, 1.54) is 23.9 Å². The molecule has 176 valence electrons. The standard InChI is InChI=1S/C23H23N5O4S2/c24-34(30,31)20-10-8-17(9-11-20)12-13-25-21(29)16-33-23-27-26-22(18-5-2-1-3-6-18)28(23)15-19-7-4-14-32-19/h1-11,14H,12-13,15-16H2,(H,25,29)(H2,24,30,31). The van der Waals surface area contributed by atoms with Gasteiger partial charge in [0.2, 0.25) is 15.9 Å². The minimum absolute atomic E-state index is 0.0604. The lowest BCUT2D eigenvalue weighted by atomic mass is 10.1. The highest BCUT2D eigenvalue weighted by atomic mass is 32.2. The van der Waals surface area contributed by atoms with Gasteiger partial charge in [0.1, 0.15) is 5.76 Å². The summed E-state index contributed by atoms with van der Waals surface area (Å²) in [5, 5.41) is 17.2. The first-order valence-electron chi connectivity index (χ1n) is 10.4. The van der Waals surface area contributed by atoms with E-state index in [4.69, 9.17) is 9.56 Å². The Balaban J connectivity index is 1.35. The first kappa shape index (κ1) is 23.7. The maximum atomic E-state index is 12.4. The molecule has 0 unspecified atom stereocenters. The summed E-state index contributed by atoms with van der Waals surface area (Å²) in [5.41, 5.74) is 1.82. The molecule has 0 fully saturated rings. The van der Waals surface area contributed by atoms with Crippen LogP contribution in [0.1, 0.15) is 11.3 Å². The molecule has 11 heteroatoms. The smallest absolute Gasteiger partial charge is 0.238 e. The first-order valence-corrected chi connectivity index (χ1v) is 13.0. The topological polar surface area (TPSA) is 133 Å². The van der Waals surface area contributed by atoms with E-state index in [9.17, 15) is 13.2 Å². The molecule has 3 N–H and O–H groups in total. The number of furan rings is 1. The number of thioether (sulfide) groups is 1. The molecule has 0 aliphatic heterocycles. The molecule has 2 aromatic heterocycles. The molecule has 4 rings (SSSR count). The molecule has 0 bridgehead atoms. The van der Waals surface area contributed by atoms with Gasteiger partial charge < -0.3 is 9.73 Å². The molecule has 0 aliphatic carbocycles. The SMILES string of the molecule is NS(=O)(=O)c1ccc(CCNC(=O)CSc2nnc(-c3ccccc3)n2Cc2ccco2)cc1. The zero-order valence-corrected chi connectivity index (χ0v) is 19.8. The second-order valence-electron chi connectivity index (χ2n) is 7.42. The van der Waals surface area contributed by atoms with Gasteiger partial charge in [-0.3, -0.25) is 9.36 Å². The van der Waals surface area contributed by atoms with Crippen LogP contribution in [0.2, 0.25) is 0 Å². The highest BCUT2D eigenvalue weighted by Gasteiger charge is 2.17. The van der Waals surface area contributed by atoms with Crippen molar-refractivity contribution in [3.8, 4) is 11.4 Å². The molecule has 9 nitrogen and oxygen atoms in total. The number of primary sulfonamides is 1. The van der Waals surface area contributed by atoms with Gasteiger partial charge in [-0.15, -0.1) is 10.2 Å². The lowest BCUT2D eigenvalue weighted by Gasteiger charge is -2.09. The van der Waals surface area contributed by atoms with Crippen LogP contribution in [0.3, 0.4) is 0 Å². The number of nitrogens with two attached hydrogens (primary N) is 1. The highest BCUT2D eigenvalue weighted by molar-refractivity contribution is 7.99. The lowest BCUT2D eigenvalue weighted by Crippen LogP contribution is -2.27. The summed E-state index contributed by atoms with van der Waals surface area (Å²) in [6.07, 6.45) is 2.18. The maximum Gasteiger partial charge on any atom is 0.238 e. The minimum atomic E-state index is -3.72. The fourth-order valence-corrected chi connectivity index (χ4v) is 4.55. The largest absolute Gasteiger partial charge is 0.467 e. The number of carbonyl (C=O) groups excluding carboxylic acids is 1. The summed E-state index contributed by atoms with van der Waals surface area (Å²) in [6, 6.07) is 19.7. The Hall–Kier alpha value is -3.41. The summed E-state index contributed by atoms with van der Waals surface area (Å²) in [5.74, 6) is 1.50. The molecule has 0 spiro atoms. The number of hydrogen-bond donors (Lipinski definition) is 2. The fourth-order valence-electron chi connectivity index (χ4n) is 3.27. The van der Waals surface area contributed by atoms with E-state index in [-0.39, 0.29) is 16.6 Å². The number of sulfonamides is 1. The number of nitrogens with one attached hydrogen (secondary N) is 1. The van der Waals surface area contributed by atoms with E-state index in [0.717, 1.165) is 16.9 Å². The van der Waals surface area contributed by atoms with Crippen LogP contribution < -0.4 is 10.5 Å². The second-order valence-corrected chi connectivity index (χ2v) is 9.92. The molecule has 34 heavy (non-hydrogen) atoms. The van der Waals surface area contributed by atoms with Crippen molar-refractivity contribution in [1.29, 1.82) is 0 Å². The van der Waals surface area contributed by atoms with Gasteiger partial charge in [-0.25, -0.2) is 13.6 Å². The number of nitrogens with zero attached hydrogens (tertiary/aromatic N) is 3. The lowest BCUT2D eigenvalue weighted by molar-refractivity contribution is -0.118. The van der Waals surface area contributed by atoms with Crippen molar-refractivity contribution in [2.45, 2.75) is 23.0 Å². The van der Waals surface area contributed by atoms with Crippen molar-refractivity contribution in [3.63, 3.8) is 0 Å². The Labute approximate surface area is 201 Å². The van der Waals surface area contributed by atoms with Crippen molar-refractivity contribution in [2.24, 2.45) is 5.14 Å². The molecule has 4 aromatic rings. The zero-order valence-electron chi connectivity index (χ0n) is 18.1. The third kappa shape index (κ3) is 6.13. The molecule has 2 aromatic carbocycles. The summed E-state index contributed by atoms with van der Waals surface area (Å²) >= 11 is 1.30. The van der Waals surface area contributed by atoms with E-state index < -0.39 is 10.0 Å². The van der Waals surface area contributed by atoms with Gasteiger partial charge >= 0.3 is 0 Å². The summed E-state index contributed by atoms with van der Waals surface area (Å²) in [6.45, 7) is 0.866. The van der Waals surface area contributed by atoms with E-state index in [1.807, 2.05) is 47.0 Å². The van der Waals surface area contributed by atoms with Crippen molar-refractivity contribution >= 4 is 27.7 Å². The number of hydrogen-bond acceptors (Lipinski definition) is 7. The van der Waals surface area contributed by atoms with E-state index in [0.29, 0.717) is 30.5 Å². The van der Waals surface area contributed by atoms with Gasteiger partial charge in [0, 0.05) is 12.1 Å². The third-order valence-electron chi connectivity index (χ3n) is 4.96. The van der Waals surface area contributed by atoms with Crippen molar-refractivity contribution in [1.82, 2.24) is 20.1 Å². The zero-order chi connectivity index (χ0) is 24.0. The van der Waals surface area contributed by atoms with Crippen LogP contribution in [-0.4, -0.2) is 41.4 Å². The molecule has 2 heterocycles. The number of carbonyl (C=O) groups is 1. The van der Waals surface area contributed by atoms with Crippen molar-refractivity contribution in [2.75, 3.05) is 12.3 Å². The molecule has 0 radical (unpaired) electrons. The third-order valence-corrected chi connectivity index (χ3v) is 6.86. The molecule has 0 saturated carbocycles. The monoisotopic (exact) mass is 497 g/mol. The predicted octanol–water partition coefficient (Wildman–Crippen LogP) is 2.68. The van der Waals surface area contributed by atoms with Crippen molar-refractivity contribution < 1.29 is 17.6 Å². The van der Waals surface area contributed by atoms with Gasteiger partial charge in [-0.2, -0.15) is 0 Å². The van der Waals surface area contributed by atoms with Gasteiger partial charge in [0.05, 0.1) is 23.5 Å². The summed E-state index contributed by atoms with van der Waals surface area (Å²) < 4.78 is 30.1. The fraction of sp³-hybridized carbons (Fsp3) is 0.174. The minimum Gasteiger partial charge on any atom is -0.467 e. The second kappa shape index (κ2) is 10.7. The van der Waals surface area contributed by atoms with E-state index >= 15 is 0 Å². The van der Waals surface area contributed by atoms with Crippen LogP contribution in [0.4, 0.5) is 0 Å². The Morgan fingerprint density at radius 1 is 1.03 bits per heavy atom. The van der Waals surface area contributed by atoms with Gasteiger partial charge in [-0.1, -0.05) is 54.2 Å². The average molecular weight is 498 g/mol. The normalized spacial score (nSPS) is 11.4. The average Bonchev–Trinajstić information content (AvgIpc) is 3.48. The van der Waals surface area contributed by atoms with Crippen LogP contribution in [0.5, 0.6) is 0 Å². The van der Waals surface area contributed by atoms with E-state index in [1.54, 1.807) is 18.4 Å². The Morgan fingerprint density at radius 2 is 1.79 bits per heavy atom. The number of amides is 1. The highest BCUT2D eigenvalue weighted by Crippen LogP contribution is 2.25. The first-order chi connectivity index (χ1) is 16.4. The molecular formula is C23H23N5O4S2. The Bertz CT molecular complexity index is 1340. The van der Waals surface area contributed by atoms with E-state index in [2.05, 4.69) is 15.5 Å². The number of benzene rings is 2. The quantitative estimate of drug-likeness (QED) is 0.322. The van der Waals surface area contributed by atoms with Gasteiger partial charge in [0.25, 0.3) is 0 Å². The number of rotatable bonds is 10. The molecule has 0 atom stereocenters. The van der Waals surface area contributed by atoms with Crippen LogP contribution in [0.25, 0.3) is 11.4 Å².